The molecule has 1 aromatic carbocycles. The molecule has 0 radical (unpaired) electrons. The van der Waals surface area contributed by atoms with E-state index >= 15 is 0 Å². The minimum Gasteiger partial charge on any atom is -0.383 e. The van der Waals surface area contributed by atoms with Gasteiger partial charge in [0.05, 0.1) is 10.5 Å². The minimum absolute atomic E-state index is 0.476. The van der Waals surface area contributed by atoms with Crippen LogP contribution in [0.1, 0.15) is 5.69 Å². The van der Waals surface area contributed by atoms with E-state index in [-0.39, 0.29) is 0 Å². The van der Waals surface area contributed by atoms with Gasteiger partial charge in [0.25, 0.3) is 0 Å². The molecule has 0 fully saturated rings. The Labute approximate surface area is 116 Å². The van der Waals surface area contributed by atoms with E-state index in [9.17, 15) is 0 Å². The highest BCUT2D eigenvalue weighted by atomic mass is 35.5. The third-order valence-corrected chi connectivity index (χ3v) is 3.23. The van der Waals surface area contributed by atoms with Crippen LogP contribution in [0, 0.1) is 6.92 Å². The van der Waals surface area contributed by atoms with Gasteiger partial charge in [-0.1, -0.05) is 23.7 Å². The molecule has 0 saturated heterocycles. The molecule has 2 N–H and O–H groups in total. The maximum absolute atomic E-state index is 5.98. The molecule has 3 rings (SSSR count). The Morgan fingerprint density at radius 1 is 1.11 bits per heavy atom. The summed E-state index contributed by atoms with van der Waals surface area (Å²) >= 11 is 5.98. The second-order valence-corrected chi connectivity index (χ2v) is 4.88. The molecule has 0 aliphatic carbocycles. The Balaban J connectivity index is 2.20. The number of anilines is 1. The number of nitrogen functional groups attached to an aromatic ring is 1. The number of hydrogen-bond acceptors (Lipinski definition) is 3. The van der Waals surface area contributed by atoms with Crippen LogP contribution in [-0.4, -0.2) is 9.97 Å². The maximum Gasteiger partial charge on any atom is 0.131 e. The number of aromatic nitrogens is 2. The molecule has 0 amide bonds. The van der Waals surface area contributed by atoms with Crippen molar-refractivity contribution in [2.75, 3.05) is 5.73 Å². The predicted molar refractivity (Wildman–Crippen MR) is 79.1 cm³/mol. The van der Waals surface area contributed by atoms with Crippen molar-refractivity contribution in [3.63, 3.8) is 0 Å². The molecule has 0 spiro atoms. The Morgan fingerprint density at radius 2 is 1.95 bits per heavy atom. The van der Waals surface area contributed by atoms with Crippen molar-refractivity contribution in [2.45, 2.75) is 6.92 Å². The SMILES string of the molecule is Cc1ccc2cc(-c3cc(Cl)cnc3N)ccc2n1. The summed E-state index contributed by atoms with van der Waals surface area (Å²) in [7, 11) is 0. The van der Waals surface area contributed by atoms with Gasteiger partial charge < -0.3 is 5.73 Å². The molecular formula is C15H12ClN3. The highest BCUT2D eigenvalue weighted by Gasteiger charge is 2.06. The summed E-state index contributed by atoms with van der Waals surface area (Å²) < 4.78 is 0. The second kappa shape index (κ2) is 4.52. The van der Waals surface area contributed by atoms with Crippen LogP contribution in [-0.2, 0) is 0 Å². The third kappa shape index (κ3) is 2.25. The molecule has 3 aromatic rings. The first-order chi connectivity index (χ1) is 9.13. The van der Waals surface area contributed by atoms with E-state index in [2.05, 4.69) is 16.0 Å². The fraction of sp³-hybridized carbons (Fsp3) is 0.0667. The lowest BCUT2D eigenvalue weighted by atomic mass is 10.0. The van der Waals surface area contributed by atoms with Crippen LogP contribution in [0.3, 0.4) is 0 Å². The van der Waals surface area contributed by atoms with E-state index < -0.39 is 0 Å². The van der Waals surface area contributed by atoms with Crippen LogP contribution >= 0.6 is 11.6 Å². The van der Waals surface area contributed by atoms with Gasteiger partial charge in [-0.05, 0) is 36.8 Å². The molecule has 0 aliphatic heterocycles. The topological polar surface area (TPSA) is 51.8 Å². The first-order valence-electron chi connectivity index (χ1n) is 5.92. The zero-order valence-corrected chi connectivity index (χ0v) is 11.1. The third-order valence-electron chi connectivity index (χ3n) is 3.02. The van der Waals surface area contributed by atoms with Gasteiger partial charge in [-0.15, -0.1) is 0 Å². The number of halogens is 1. The van der Waals surface area contributed by atoms with E-state index in [1.54, 1.807) is 6.20 Å². The molecule has 19 heavy (non-hydrogen) atoms. The van der Waals surface area contributed by atoms with Crippen molar-refractivity contribution in [3.8, 4) is 11.1 Å². The summed E-state index contributed by atoms with van der Waals surface area (Å²) in [4.78, 5) is 8.56. The number of nitrogens with two attached hydrogens (primary N) is 1. The first-order valence-corrected chi connectivity index (χ1v) is 6.30. The van der Waals surface area contributed by atoms with Gasteiger partial charge in [-0.3, -0.25) is 4.98 Å². The van der Waals surface area contributed by atoms with E-state index in [0.717, 1.165) is 27.7 Å². The average Bonchev–Trinajstić information content (AvgIpc) is 2.41. The Hall–Kier alpha value is -2.13. The lowest BCUT2D eigenvalue weighted by molar-refractivity contribution is 1.26. The Morgan fingerprint density at radius 3 is 2.79 bits per heavy atom. The lowest BCUT2D eigenvalue weighted by Crippen LogP contribution is -1.94. The van der Waals surface area contributed by atoms with Crippen molar-refractivity contribution in [2.24, 2.45) is 0 Å². The molecule has 0 atom stereocenters. The zero-order valence-electron chi connectivity index (χ0n) is 10.4. The number of fused-ring (bicyclic) bond motifs is 1. The van der Waals surface area contributed by atoms with Crippen LogP contribution in [0.5, 0.6) is 0 Å². The van der Waals surface area contributed by atoms with Crippen molar-refractivity contribution in [3.05, 3.63) is 53.3 Å². The van der Waals surface area contributed by atoms with Gasteiger partial charge in [-0.2, -0.15) is 0 Å². The highest BCUT2D eigenvalue weighted by Crippen LogP contribution is 2.29. The van der Waals surface area contributed by atoms with Gasteiger partial charge in [0.2, 0.25) is 0 Å². The van der Waals surface area contributed by atoms with E-state index in [4.69, 9.17) is 17.3 Å². The predicted octanol–water partition coefficient (Wildman–Crippen LogP) is 3.84. The monoisotopic (exact) mass is 269 g/mol. The minimum atomic E-state index is 0.476. The largest absolute Gasteiger partial charge is 0.383 e. The Bertz CT molecular complexity index is 768. The first kappa shape index (κ1) is 11.9. The van der Waals surface area contributed by atoms with Crippen molar-refractivity contribution < 1.29 is 0 Å². The molecule has 0 unspecified atom stereocenters. The van der Waals surface area contributed by atoms with E-state index in [1.807, 2.05) is 37.3 Å². The summed E-state index contributed by atoms with van der Waals surface area (Å²) in [6.45, 7) is 1.98. The summed E-state index contributed by atoms with van der Waals surface area (Å²) in [6, 6.07) is 11.9. The van der Waals surface area contributed by atoms with Crippen LogP contribution in [0.2, 0.25) is 5.02 Å². The van der Waals surface area contributed by atoms with Gasteiger partial charge in [0.15, 0.2) is 0 Å². The van der Waals surface area contributed by atoms with Crippen LogP contribution in [0.25, 0.3) is 22.0 Å². The molecule has 4 heteroatoms. The van der Waals surface area contributed by atoms with Crippen molar-refractivity contribution in [1.82, 2.24) is 9.97 Å². The molecule has 94 valence electrons. The molecule has 2 heterocycles. The number of pyridine rings is 2. The number of hydrogen-bond donors (Lipinski definition) is 1. The molecule has 0 saturated carbocycles. The van der Waals surface area contributed by atoms with Gasteiger partial charge in [0.1, 0.15) is 5.82 Å². The summed E-state index contributed by atoms with van der Waals surface area (Å²) in [5, 5.41) is 1.65. The van der Waals surface area contributed by atoms with Gasteiger partial charge >= 0.3 is 0 Å². The normalized spacial score (nSPS) is 10.8. The van der Waals surface area contributed by atoms with Crippen LogP contribution < -0.4 is 5.73 Å². The summed E-state index contributed by atoms with van der Waals surface area (Å²) in [5.41, 5.74) is 9.71. The van der Waals surface area contributed by atoms with Crippen LogP contribution in [0.15, 0.2) is 42.6 Å². The molecule has 2 aromatic heterocycles. The molecule has 0 bridgehead atoms. The fourth-order valence-electron chi connectivity index (χ4n) is 2.08. The molecular weight excluding hydrogens is 258 g/mol. The quantitative estimate of drug-likeness (QED) is 0.730. The fourth-order valence-corrected chi connectivity index (χ4v) is 2.23. The van der Waals surface area contributed by atoms with Crippen LogP contribution in [0.4, 0.5) is 5.82 Å². The van der Waals surface area contributed by atoms with Crippen molar-refractivity contribution >= 4 is 28.3 Å². The van der Waals surface area contributed by atoms with Gasteiger partial charge in [0, 0.05) is 22.8 Å². The zero-order chi connectivity index (χ0) is 13.4. The summed E-state index contributed by atoms with van der Waals surface area (Å²) in [5.74, 6) is 0.476. The van der Waals surface area contributed by atoms with Gasteiger partial charge in [-0.25, -0.2) is 4.98 Å². The highest BCUT2D eigenvalue weighted by molar-refractivity contribution is 6.30. The van der Waals surface area contributed by atoms with Crippen molar-refractivity contribution in [1.29, 1.82) is 0 Å². The molecule has 0 aliphatic rings. The lowest BCUT2D eigenvalue weighted by Gasteiger charge is -2.07. The maximum atomic E-state index is 5.98. The number of rotatable bonds is 1. The van der Waals surface area contributed by atoms with E-state index in [1.165, 1.54) is 0 Å². The number of aryl methyl sites for hydroxylation is 1. The number of benzene rings is 1. The average molecular weight is 270 g/mol. The molecule has 3 nitrogen and oxygen atoms in total. The number of nitrogens with zero attached hydrogens (tertiary/aromatic N) is 2. The second-order valence-electron chi connectivity index (χ2n) is 4.45. The summed E-state index contributed by atoms with van der Waals surface area (Å²) in [6.07, 6.45) is 1.55. The van der Waals surface area contributed by atoms with E-state index in [0.29, 0.717) is 10.8 Å². The Kier molecular flexibility index (Phi) is 2.84. The standard InChI is InChI=1S/C15H12ClN3/c1-9-2-3-11-6-10(4-5-14(11)19-9)13-7-12(16)8-18-15(13)17/h2-8H,1H3,(H2,17,18). The smallest absolute Gasteiger partial charge is 0.131 e.